The minimum atomic E-state index is -0.598. The van der Waals surface area contributed by atoms with Crippen molar-refractivity contribution < 1.29 is 14.0 Å². The molecule has 0 aliphatic carbocycles. The lowest BCUT2D eigenvalue weighted by Gasteiger charge is -2.24. The molecular weight excluding hydrogens is 342 g/mol. The number of carbonyl (C=O) groups is 2. The molecule has 1 atom stereocenters. The monoisotopic (exact) mass is 371 g/mol. The van der Waals surface area contributed by atoms with Gasteiger partial charge in [0.15, 0.2) is 5.76 Å². The zero-order valence-electron chi connectivity index (χ0n) is 16.3. The van der Waals surface area contributed by atoms with Crippen molar-refractivity contribution in [2.24, 2.45) is 5.92 Å². The van der Waals surface area contributed by atoms with Crippen LogP contribution in [0.5, 0.6) is 0 Å². The van der Waals surface area contributed by atoms with Gasteiger partial charge in [0, 0.05) is 25.3 Å². The SMILES string of the molecule is CCN(CCCNC(=O)C(NC(=O)c1ccco1)C(C)C)c1ccccc1. The Bertz CT molecular complexity index is 699. The predicted molar refractivity (Wildman–Crippen MR) is 107 cm³/mol. The van der Waals surface area contributed by atoms with E-state index in [4.69, 9.17) is 4.42 Å². The van der Waals surface area contributed by atoms with E-state index < -0.39 is 6.04 Å². The largest absolute Gasteiger partial charge is 0.459 e. The lowest BCUT2D eigenvalue weighted by molar-refractivity contribution is -0.123. The minimum absolute atomic E-state index is 0.0274. The Labute approximate surface area is 160 Å². The van der Waals surface area contributed by atoms with E-state index in [-0.39, 0.29) is 23.5 Å². The summed E-state index contributed by atoms with van der Waals surface area (Å²) in [6.45, 7) is 8.24. The molecule has 6 heteroatoms. The topological polar surface area (TPSA) is 74.6 Å². The number of nitrogens with zero attached hydrogens (tertiary/aromatic N) is 1. The molecule has 0 fully saturated rings. The molecule has 1 aromatic heterocycles. The molecule has 0 aliphatic rings. The highest BCUT2D eigenvalue weighted by molar-refractivity contribution is 5.95. The first-order chi connectivity index (χ1) is 13.0. The fourth-order valence-electron chi connectivity index (χ4n) is 2.86. The zero-order valence-corrected chi connectivity index (χ0v) is 16.3. The highest BCUT2D eigenvalue weighted by Gasteiger charge is 2.25. The fourth-order valence-corrected chi connectivity index (χ4v) is 2.86. The maximum Gasteiger partial charge on any atom is 0.287 e. The Morgan fingerprint density at radius 3 is 2.44 bits per heavy atom. The van der Waals surface area contributed by atoms with Crippen molar-refractivity contribution in [1.29, 1.82) is 0 Å². The Balaban J connectivity index is 1.80. The van der Waals surface area contributed by atoms with Crippen molar-refractivity contribution >= 4 is 17.5 Å². The van der Waals surface area contributed by atoms with Crippen LogP contribution in [-0.4, -0.2) is 37.5 Å². The predicted octanol–water partition coefficient (Wildman–Crippen LogP) is 3.07. The number of nitrogens with one attached hydrogen (secondary N) is 2. The quantitative estimate of drug-likeness (QED) is 0.630. The van der Waals surface area contributed by atoms with Crippen molar-refractivity contribution in [1.82, 2.24) is 10.6 Å². The third-order valence-electron chi connectivity index (χ3n) is 4.39. The summed E-state index contributed by atoms with van der Waals surface area (Å²) in [6.07, 6.45) is 2.26. The van der Waals surface area contributed by atoms with Gasteiger partial charge in [-0.1, -0.05) is 32.0 Å². The highest BCUT2D eigenvalue weighted by Crippen LogP contribution is 2.12. The van der Waals surface area contributed by atoms with E-state index in [1.165, 1.54) is 12.0 Å². The van der Waals surface area contributed by atoms with Gasteiger partial charge in [0.05, 0.1) is 6.26 Å². The van der Waals surface area contributed by atoms with Crippen LogP contribution in [0.3, 0.4) is 0 Å². The van der Waals surface area contributed by atoms with Crippen LogP contribution in [0, 0.1) is 5.92 Å². The minimum Gasteiger partial charge on any atom is -0.459 e. The summed E-state index contributed by atoms with van der Waals surface area (Å²) in [5.41, 5.74) is 1.18. The smallest absolute Gasteiger partial charge is 0.287 e. The summed E-state index contributed by atoms with van der Waals surface area (Å²) in [5, 5.41) is 5.68. The van der Waals surface area contributed by atoms with Crippen molar-refractivity contribution in [3.63, 3.8) is 0 Å². The molecule has 6 nitrogen and oxygen atoms in total. The normalized spacial score (nSPS) is 11.9. The lowest BCUT2D eigenvalue weighted by atomic mass is 10.0. The number of rotatable bonds is 10. The molecule has 0 radical (unpaired) electrons. The van der Waals surface area contributed by atoms with E-state index in [0.29, 0.717) is 6.54 Å². The summed E-state index contributed by atoms with van der Waals surface area (Å²) in [4.78, 5) is 26.9. The molecule has 2 amide bonds. The second-order valence-electron chi connectivity index (χ2n) is 6.73. The van der Waals surface area contributed by atoms with Crippen LogP contribution in [0.25, 0.3) is 0 Å². The number of para-hydroxylation sites is 1. The molecular formula is C21H29N3O3. The molecule has 0 saturated heterocycles. The number of hydrogen-bond donors (Lipinski definition) is 2. The van der Waals surface area contributed by atoms with E-state index in [0.717, 1.165) is 19.5 Å². The zero-order chi connectivity index (χ0) is 19.6. The van der Waals surface area contributed by atoms with Crippen LogP contribution < -0.4 is 15.5 Å². The van der Waals surface area contributed by atoms with Crippen molar-refractivity contribution in [3.8, 4) is 0 Å². The van der Waals surface area contributed by atoms with E-state index in [2.05, 4.69) is 34.6 Å². The van der Waals surface area contributed by atoms with Crippen LogP contribution in [0.15, 0.2) is 53.1 Å². The van der Waals surface area contributed by atoms with Gasteiger partial charge in [0.1, 0.15) is 6.04 Å². The third-order valence-corrected chi connectivity index (χ3v) is 4.39. The second-order valence-corrected chi connectivity index (χ2v) is 6.73. The molecule has 27 heavy (non-hydrogen) atoms. The van der Waals surface area contributed by atoms with Gasteiger partial charge in [-0.05, 0) is 43.5 Å². The molecule has 0 saturated carbocycles. The number of anilines is 1. The first-order valence-electron chi connectivity index (χ1n) is 9.45. The average molecular weight is 371 g/mol. The maximum absolute atomic E-state index is 12.5. The highest BCUT2D eigenvalue weighted by atomic mass is 16.3. The Morgan fingerprint density at radius 2 is 1.85 bits per heavy atom. The van der Waals surface area contributed by atoms with Gasteiger partial charge in [-0.3, -0.25) is 9.59 Å². The number of carbonyl (C=O) groups excluding carboxylic acids is 2. The first-order valence-corrected chi connectivity index (χ1v) is 9.45. The van der Waals surface area contributed by atoms with Gasteiger partial charge in [-0.2, -0.15) is 0 Å². The van der Waals surface area contributed by atoms with Crippen molar-refractivity contribution in [2.75, 3.05) is 24.5 Å². The Morgan fingerprint density at radius 1 is 1.11 bits per heavy atom. The molecule has 2 rings (SSSR count). The molecule has 2 aromatic rings. The summed E-state index contributed by atoms with van der Waals surface area (Å²) in [5.74, 6) is -0.377. The number of benzene rings is 1. The number of amides is 2. The van der Waals surface area contributed by atoms with E-state index in [1.807, 2.05) is 32.0 Å². The van der Waals surface area contributed by atoms with Gasteiger partial charge < -0.3 is 20.0 Å². The van der Waals surface area contributed by atoms with Crippen LogP contribution >= 0.6 is 0 Å². The van der Waals surface area contributed by atoms with Gasteiger partial charge in [-0.25, -0.2) is 0 Å². The molecule has 1 aromatic carbocycles. The summed E-state index contributed by atoms with van der Waals surface area (Å²) >= 11 is 0. The molecule has 1 heterocycles. The van der Waals surface area contributed by atoms with Crippen LogP contribution in [0.1, 0.15) is 37.7 Å². The summed E-state index contributed by atoms with van der Waals surface area (Å²) in [7, 11) is 0. The molecule has 2 N–H and O–H groups in total. The lowest BCUT2D eigenvalue weighted by Crippen LogP contribution is -2.50. The van der Waals surface area contributed by atoms with Crippen LogP contribution in [0.2, 0.25) is 0 Å². The summed E-state index contributed by atoms with van der Waals surface area (Å²) < 4.78 is 5.09. The fraction of sp³-hybridized carbons (Fsp3) is 0.429. The average Bonchev–Trinajstić information content (AvgIpc) is 3.21. The molecule has 1 unspecified atom stereocenters. The van der Waals surface area contributed by atoms with Gasteiger partial charge in [0.25, 0.3) is 5.91 Å². The van der Waals surface area contributed by atoms with E-state index >= 15 is 0 Å². The van der Waals surface area contributed by atoms with Crippen LogP contribution in [-0.2, 0) is 4.79 Å². The first kappa shape index (κ1) is 20.6. The van der Waals surface area contributed by atoms with Gasteiger partial charge in [0.2, 0.25) is 5.91 Å². The van der Waals surface area contributed by atoms with E-state index in [1.54, 1.807) is 12.1 Å². The van der Waals surface area contributed by atoms with Crippen molar-refractivity contribution in [3.05, 3.63) is 54.5 Å². The molecule has 146 valence electrons. The molecule has 0 bridgehead atoms. The molecule has 0 spiro atoms. The standard InChI is InChI=1S/C21H29N3O3/c1-4-24(17-10-6-5-7-11-17)14-9-13-22-21(26)19(16(2)3)23-20(25)18-12-8-15-27-18/h5-8,10-12,15-16,19H,4,9,13-14H2,1-3H3,(H,22,26)(H,23,25). The van der Waals surface area contributed by atoms with E-state index in [9.17, 15) is 9.59 Å². The Hall–Kier alpha value is -2.76. The third kappa shape index (κ3) is 6.16. The Kier molecular flexibility index (Phi) is 7.92. The number of furan rings is 1. The van der Waals surface area contributed by atoms with Crippen LogP contribution in [0.4, 0.5) is 5.69 Å². The summed E-state index contributed by atoms with van der Waals surface area (Å²) in [6, 6.07) is 12.8. The molecule has 0 aliphatic heterocycles. The second kappa shape index (κ2) is 10.4. The number of hydrogen-bond acceptors (Lipinski definition) is 4. The van der Waals surface area contributed by atoms with Gasteiger partial charge >= 0.3 is 0 Å². The van der Waals surface area contributed by atoms with Crippen molar-refractivity contribution in [2.45, 2.75) is 33.2 Å². The van der Waals surface area contributed by atoms with Gasteiger partial charge in [-0.15, -0.1) is 0 Å². The maximum atomic E-state index is 12.5.